The summed E-state index contributed by atoms with van der Waals surface area (Å²) in [5.74, 6) is 0. The van der Waals surface area contributed by atoms with E-state index >= 15 is 0 Å². The molecule has 0 amide bonds. The summed E-state index contributed by atoms with van der Waals surface area (Å²) in [6.45, 7) is 6.12. The van der Waals surface area contributed by atoms with E-state index in [9.17, 15) is 0 Å². The number of aliphatic hydroxyl groups is 1. The van der Waals surface area contributed by atoms with Crippen molar-refractivity contribution in [1.82, 2.24) is 0 Å². The maximum Gasteiger partial charge on any atom is 0.190 e. The van der Waals surface area contributed by atoms with E-state index < -0.39 is 0 Å². The average molecular weight is 387 g/mol. The first kappa shape index (κ1) is 26.9. The lowest BCUT2D eigenvalue weighted by molar-refractivity contribution is -0.935. The number of unbranched alkanes of at least 4 members (excludes halogenated alkanes) is 15. The van der Waals surface area contributed by atoms with E-state index in [1.54, 1.807) is 0 Å². The Labute approximate surface area is 171 Å². The Morgan fingerprint density at radius 3 is 1.41 bits per heavy atom. The molecule has 0 aromatic rings. The van der Waals surface area contributed by atoms with Crippen LogP contribution in [0, 0.1) is 0 Å². The highest BCUT2D eigenvalue weighted by Gasteiger charge is 2.23. The minimum absolute atomic E-state index is 0.114. The predicted molar refractivity (Wildman–Crippen MR) is 119 cm³/mol. The van der Waals surface area contributed by atoms with Crippen LogP contribution in [0.3, 0.4) is 0 Å². The molecule has 0 radical (unpaired) electrons. The minimum atomic E-state index is 0.114. The maximum atomic E-state index is 8.87. The van der Waals surface area contributed by atoms with Crippen molar-refractivity contribution in [3.63, 3.8) is 0 Å². The lowest BCUT2D eigenvalue weighted by Gasteiger charge is -2.35. The number of rotatable bonds is 21. The molecule has 27 heavy (non-hydrogen) atoms. The van der Waals surface area contributed by atoms with Gasteiger partial charge in [-0.2, -0.15) is 0 Å². The van der Waals surface area contributed by atoms with Gasteiger partial charge in [0.05, 0.1) is 33.9 Å². The Hall–Kier alpha value is -0.120. The molecule has 164 valence electrons. The molecule has 0 aromatic heterocycles. The fraction of sp³-hybridized carbons (Fsp3) is 1.00. The Balaban J connectivity index is 3.29. The van der Waals surface area contributed by atoms with Crippen molar-refractivity contribution in [1.29, 1.82) is 0 Å². The molecule has 3 heteroatoms. The minimum Gasteiger partial charge on any atom is -0.394 e. The second-order valence-corrected chi connectivity index (χ2v) is 9.00. The quantitative estimate of drug-likeness (QED) is 0.135. The summed E-state index contributed by atoms with van der Waals surface area (Å²) < 4.78 is 6.55. The van der Waals surface area contributed by atoms with Crippen LogP contribution < -0.4 is 0 Å². The van der Waals surface area contributed by atoms with Gasteiger partial charge in [0.2, 0.25) is 0 Å². The molecule has 0 rings (SSSR count). The van der Waals surface area contributed by atoms with Crippen molar-refractivity contribution in [2.75, 3.05) is 33.9 Å². The molecule has 0 heterocycles. The third kappa shape index (κ3) is 17.7. The zero-order valence-electron chi connectivity index (χ0n) is 19.3. The summed E-state index contributed by atoms with van der Waals surface area (Å²) in [6, 6.07) is 0. The fourth-order valence-electron chi connectivity index (χ4n) is 3.67. The van der Waals surface area contributed by atoms with Crippen LogP contribution in [0.25, 0.3) is 0 Å². The van der Waals surface area contributed by atoms with Gasteiger partial charge in [-0.1, -0.05) is 96.8 Å². The van der Waals surface area contributed by atoms with Gasteiger partial charge in [-0.3, -0.25) is 0 Å². The Morgan fingerprint density at radius 2 is 1.04 bits per heavy atom. The van der Waals surface area contributed by atoms with Crippen LogP contribution in [-0.4, -0.2) is 49.7 Å². The SMILES string of the molecule is CCCCCCCCCCCCCCCCCC[N+](C)(C)C(C)OCCO. The van der Waals surface area contributed by atoms with E-state index in [4.69, 9.17) is 9.84 Å². The number of nitrogens with zero attached hydrogens (tertiary/aromatic N) is 1. The van der Waals surface area contributed by atoms with E-state index in [2.05, 4.69) is 27.9 Å². The molecule has 3 nitrogen and oxygen atoms in total. The number of quaternary nitrogens is 1. The fourth-order valence-corrected chi connectivity index (χ4v) is 3.67. The van der Waals surface area contributed by atoms with Crippen molar-refractivity contribution in [2.24, 2.45) is 0 Å². The highest BCUT2D eigenvalue weighted by Crippen LogP contribution is 2.15. The van der Waals surface area contributed by atoms with Crippen LogP contribution in [-0.2, 0) is 4.74 Å². The van der Waals surface area contributed by atoms with E-state index in [1.807, 2.05) is 0 Å². The lowest BCUT2D eigenvalue weighted by atomic mass is 10.0. The smallest absolute Gasteiger partial charge is 0.190 e. The first-order valence-corrected chi connectivity index (χ1v) is 12.1. The zero-order chi connectivity index (χ0) is 20.2. The van der Waals surface area contributed by atoms with Crippen LogP contribution in [0.2, 0.25) is 0 Å². The van der Waals surface area contributed by atoms with E-state index in [0.29, 0.717) is 6.61 Å². The number of hydrogen-bond donors (Lipinski definition) is 1. The van der Waals surface area contributed by atoms with Gasteiger partial charge in [0, 0.05) is 6.92 Å². The molecule has 0 saturated carbocycles. The van der Waals surface area contributed by atoms with Gasteiger partial charge in [0.25, 0.3) is 0 Å². The van der Waals surface area contributed by atoms with Crippen LogP contribution in [0.5, 0.6) is 0 Å². The summed E-state index contributed by atoms with van der Waals surface area (Å²) in [4.78, 5) is 0. The summed E-state index contributed by atoms with van der Waals surface area (Å²) >= 11 is 0. The molecule has 0 saturated heterocycles. The molecule has 0 aliphatic heterocycles. The first-order valence-electron chi connectivity index (χ1n) is 12.1. The van der Waals surface area contributed by atoms with Gasteiger partial charge in [-0.25, -0.2) is 0 Å². The molecule has 1 N–H and O–H groups in total. The van der Waals surface area contributed by atoms with Crippen molar-refractivity contribution in [3.05, 3.63) is 0 Å². The lowest BCUT2D eigenvalue weighted by Crippen LogP contribution is -2.49. The highest BCUT2D eigenvalue weighted by atomic mass is 16.5. The molecule has 0 aliphatic rings. The molecular formula is C24H52NO2+. The van der Waals surface area contributed by atoms with E-state index in [1.165, 1.54) is 103 Å². The molecule has 0 aromatic carbocycles. The van der Waals surface area contributed by atoms with E-state index in [0.717, 1.165) is 11.0 Å². The normalized spacial score (nSPS) is 13.2. The number of ether oxygens (including phenoxy) is 1. The van der Waals surface area contributed by atoms with Crippen LogP contribution in [0.15, 0.2) is 0 Å². The van der Waals surface area contributed by atoms with Crippen molar-refractivity contribution in [3.8, 4) is 0 Å². The van der Waals surface area contributed by atoms with Crippen LogP contribution >= 0.6 is 0 Å². The largest absolute Gasteiger partial charge is 0.394 e. The molecule has 1 unspecified atom stereocenters. The summed E-state index contributed by atoms with van der Waals surface area (Å²) in [6.07, 6.45) is 22.8. The number of hydrogen-bond acceptors (Lipinski definition) is 2. The van der Waals surface area contributed by atoms with Gasteiger partial charge in [0.1, 0.15) is 0 Å². The molecular weight excluding hydrogens is 334 g/mol. The van der Waals surface area contributed by atoms with Crippen molar-refractivity contribution >= 4 is 0 Å². The first-order chi connectivity index (χ1) is 13.0. The topological polar surface area (TPSA) is 29.5 Å². The summed E-state index contributed by atoms with van der Waals surface area (Å²) in [7, 11) is 4.46. The monoisotopic (exact) mass is 386 g/mol. The van der Waals surface area contributed by atoms with E-state index in [-0.39, 0.29) is 12.8 Å². The molecule has 0 bridgehead atoms. The summed E-state index contributed by atoms with van der Waals surface area (Å²) in [5.41, 5.74) is 0. The average Bonchev–Trinajstić information content (AvgIpc) is 2.65. The molecule has 0 aliphatic carbocycles. The van der Waals surface area contributed by atoms with Gasteiger partial charge in [0.15, 0.2) is 6.23 Å². The summed E-state index contributed by atoms with van der Waals surface area (Å²) in [5, 5.41) is 8.87. The standard InChI is InChI=1S/C24H52NO2/c1-5-6-7-8-9-10-11-12-13-14-15-16-17-18-19-20-21-25(3,4)24(2)27-23-22-26/h24,26H,5-23H2,1-4H3/q+1. The van der Waals surface area contributed by atoms with Gasteiger partial charge >= 0.3 is 0 Å². The second kappa shape index (κ2) is 19.2. The third-order valence-electron chi connectivity index (χ3n) is 6.02. The number of aliphatic hydroxyl groups excluding tert-OH is 1. The van der Waals surface area contributed by atoms with Gasteiger partial charge < -0.3 is 14.3 Å². The third-order valence-corrected chi connectivity index (χ3v) is 6.02. The van der Waals surface area contributed by atoms with Crippen molar-refractivity contribution in [2.45, 2.75) is 123 Å². The molecule has 0 spiro atoms. The maximum absolute atomic E-state index is 8.87. The van der Waals surface area contributed by atoms with Crippen LogP contribution in [0.4, 0.5) is 0 Å². The Bertz CT molecular complexity index is 294. The second-order valence-electron chi connectivity index (χ2n) is 9.00. The van der Waals surface area contributed by atoms with Crippen LogP contribution in [0.1, 0.15) is 117 Å². The van der Waals surface area contributed by atoms with Gasteiger partial charge in [-0.15, -0.1) is 0 Å². The zero-order valence-corrected chi connectivity index (χ0v) is 19.3. The predicted octanol–water partition coefficient (Wildman–Crippen LogP) is 6.68. The highest BCUT2D eigenvalue weighted by molar-refractivity contribution is 4.50. The Kier molecular flexibility index (Phi) is 19.1. The molecule has 0 fully saturated rings. The van der Waals surface area contributed by atoms with Gasteiger partial charge in [-0.05, 0) is 12.8 Å². The van der Waals surface area contributed by atoms with Crippen molar-refractivity contribution < 1.29 is 14.3 Å². The molecule has 1 atom stereocenters. The Morgan fingerprint density at radius 1 is 0.667 bits per heavy atom.